The van der Waals surface area contributed by atoms with E-state index in [1.807, 2.05) is 0 Å². The molecule has 0 spiro atoms. The van der Waals surface area contributed by atoms with Crippen molar-refractivity contribution in [3.63, 3.8) is 0 Å². The van der Waals surface area contributed by atoms with Gasteiger partial charge in [0.1, 0.15) is 17.9 Å². The average molecular weight is 292 g/mol. The van der Waals surface area contributed by atoms with Crippen LogP contribution >= 0.6 is 0 Å². The van der Waals surface area contributed by atoms with Gasteiger partial charge in [-0.2, -0.15) is 5.10 Å². The summed E-state index contributed by atoms with van der Waals surface area (Å²) in [6, 6.07) is 3.00. The Hall–Kier alpha value is -2.03. The summed E-state index contributed by atoms with van der Waals surface area (Å²) >= 11 is 0. The molecule has 0 aromatic carbocycles. The molecular formula is C13H16N4O4. The van der Waals surface area contributed by atoms with Crippen LogP contribution in [-0.4, -0.2) is 62.2 Å². The molecule has 1 aliphatic rings. The SMILES string of the molecule is O=C(N[C@H]1CCO[C@H](CO)[C@H]1O)c1cnc2cccnn12. The first-order valence-electron chi connectivity index (χ1n) is 6.71. The lowest BCUT2D eigenvalue weighted by molar-refractivity contribution is -0.107. The molecule has 112 valence electrons. The number of hydrogen-bond donors (Lipinski definition) is 3. The average Bonchev–Trinajstić information content (AvgIpc) is 2.93. The zero-order chi connectivity index (χ0) is 14.8. The van der Waals surface area contributed by atoms with Crippen LogP contribution in [0.3, 0.4) is 0 Å². The van der Waals surface area contributed by atoms with Gasteiger partial charge in [0.2, 0.25) is 0 Å². The third-order valence-corrected chi connectivity index (χ3v) is 3.56. The Morgan fingerprint density at radius 1 is 1.57 bits per heavy atom. The van der Waals surface area contributed by atoms with Crippen molar-refractivity contribution in [1.82, 2.24) is 19.9 Å². The molecule has 0 saturated carbocycles. The third kappa shape index (κ3) is 2.60. The molecule has 8 nitrogen and oxygen atoms in total. The van der Waals surface area contributed by atoms with Crippen LogP contribution in [0.5, 0.6) is 0 Å². The molecule has 8 heteroatoms. The second-order valence-corrected chi connectivity index (χ2v) is 4.89. The fourth-order valence-corrected chi connectivity index (χ4v) is 2.42. The molecule has 1 aliphatic heterocycles. The van der Waals surface area contributed by atoms with Crippen molar-refractivity contribution in [2.24, 2.45) is 0 Å². The lowest BCUT2D eigenvalue weighted by Gasteiger charge is -2.34. The van der Waals surface area contributed by atoms with Crippen LogP contribution < -0.4 is 5.32 Å². The predicted octanol–water partition coefficient (Wildman–Crippen LogP) is -1.03. The second-order valence-electron chi connectivity index (χ2n) is 4.89. The fraction of sp³-hybridized carbons (Fsp3) is 0.462. The molecule has 0 bridgehead atoms. The summed E-state index contributed by atoms with van der Waals surface area (Å²) in [5, 5.41) is 26.0. The van der Waals surface area contributed by atoms with Crippen molar-refractivity contribution in [3.05, 3.63) is 30.2 Å². The number of carbonyl (C=O) groups is 1. The van der Waals surface area contributed by atoms with E-state index in [4.69, 9.17) is 9.84 Å². The minimum Gasteiger partial charge on any atom is -0.394 e. The van der Waals surface area contributed by atoms with E-state index < -0.39 is 18.2 Å². The molecule has 0 radical (unpaired) electrons. The topological polar surface area (TPSA) is 109 Å². The largest absolute Gasteiger partial charge is 0.394 e. The van der Waals surface area contributed by atoms with E-state index in [0.29, 0.717) is 24.4 Å². The van der Waals surface area contributed by atoms with Crippen molar-refractivity contribution in [2.75, 3.05) is 13.2 Å². The molecule has 3 atom stereocenters. The van der Waals surface area contributed by atoms with Gasteiger partial charge >= 0.3 is 0 Å². The first kappa shape index (κ1) is 13.9. The number of fused-ring (bicyclic) bond motifs is 1. The molecule has 3 heterocycles. The number of imidazole rings is 1. The summed E-state index contributed by atoms with van der Waals surface area (Å²) in [5.74, 6) is -0.371. The lowest BCUT2D eigenvalue weighted by atomic mass is 10.00. The fourth-order valence-electron chi connectivity index (χ4n) is 2.42. The summed E-state index contributed by atoms with van der Waals surface area (Å²) < 4.78 is 6.67. The van der Waals surface area contributed by atoms with Gasteiger partial charge in [-0.05, 0) is 18.6 Å². The number of amides is 1. The summed E-state index contributed by atoms with van der Waals surface area (Å²) in [4.78, 5) is 16.4. The van der Waals surface area contributed by atoms with E-state index in [1.54, 1.807) is 18.3 Å². The van der Waals surface area contributed by atoms with E-state index >= 15 is 0 Å². The van der Waals surface area contributed by atoms with Crippen LogP contribution in [0.2, 0.25) is 0 Å². The number of aliphatic hydroxyl groups is 2. The summed E-state index contributed by atoms with van der Waals surface area (Å²) in [5.41, 5.74) is 0.869. The maximum absolute atomic E-state index is 12.3. The molecule has 2 aromatic rings. The Kier molecular flexibility index (Phi) is 3.82. The minimum absolute atomic E-state index is 0.287. The highest BCUT2D eigenvalue weighted by Crippen LogP contribution is 2.15. The van der Waals surface area contributed by atoms with Gasteiger partial charge in [-0.1, -0.05) is 0 Å². The number of aromatic nitrogens is 3. The molecule has 0 aliphatic carbocycles. The predicted molar refractivity (Wildman–Crippen MR) is 71.7 cm³/mol. The first-order chi connectivity index (χ1) is 10.2. The van der Waals surface area contributed by atoms with Gasteiger partial charge in [-0.25, -0.2) is 9.50 Å². The monoisotopic (exact) mass is 292 g/mol. The smallest absolute Gasteiger partial charge is 0.271 e. The molecule has 1 saturated heterocycles. The first-order valence-corrected chi connectivity index (χ1v) is 6.71. The second kappa shape index (κ2) is 5.76. The maximum atomic E-state index is 12.3. The Labute approximate surface area is 120 Å². The van der Waals surface area contributed by atoms with Crippen LogP contribution in [0.15, 0.2) is 24.5 Å². The number of carbonyl (C=O) groups excluding carboxylic acids is 1. The van der Waals surface area contributed by atoms with Gasteiger partial charge in [0, 0.05) is 12.8 Å². The summed E-state index contributed by atoms with van der Waals surface area (Å²) in [6.45, 7) is 0.0866. The standard InChI is InChI=1S/C13H16N4O4/c18-7-10-12(19)8(3-5-21-10)16-13(20)9-6-14-11-2-1-4-15-17(9)11/h1-2,4,6,8,10,12,18-19H,3,5,7H2,(H,16,20)/t8-,10+,12-/m0/s1. The van der Waals surface area contributed by atoms with Gasteiger partial charge in [-0.15, -0.1) is 0 Å². The summed E-state index contributed by atoms with van der Waals surface area (Å²) in [7, 11) is 0. The van der Waals surface area contributed by atoms with E-state index in [-0.39, 0.29) is 12.5 Å². The van der Waals surface area contributed by atoms with Crippen molar-refractivity contribution in [3.8, 4) is 0 Å². The zero-order valence-electron chi connectivity index (χ0n) is 11.2. The third-order valence-electron chi connectivity index (χ3n) is 3.56. The molecular weight excluding hydrogens is 276 g/mol. The van der Waals surface area contributed by atoms with Gasteiger partial charge in [0.15, 0.2) is 5.65 Å². The van der Waals surface area contributed by atoms with Crippen molar-refractivity contribution >= 4 is 11.6 Å². The Morgan fingerprint density at radius 2 is 2.43 bits per heavy atom. The molecule has 1 fully saturated rings. The van der Waals surface area contributed by atoms with E-state index in [1.165, 1.54) is 10.7 Å². The van der Waals surface area contributed by atoms with Crippen LogP contribution in [0.25, 0.3) is 5.65 Å². The van der Waals surface area contributed by atoms with Gasteiger partial charge in [-0.3, -0.25) is 4.79 Å². The Bertz CT molecular complexity index is 644. The Morgan fingerprint density at radius 3 is 3.24 bits per heavy atom. The van der Waals surface area contributed by atoms with Crippen molar-refractivity contribution in [2.45, 2.75) is 24.7 Å². The Balaban J connectivity index is 1.77. The number of ether oxygens (including phenoxy) is 1. The van der Waals surface area contributed by atoms with Crippen LogP contribution in [-0.2, 0) is 4.74 Å². The number of hydrogen-bond acceptors (Lipinski definition) is 6. The van der Waals surface area contributed by atoms with Gasteiger partial charge < -0.3 is 20.3 Å². The van der Waals surface area contributed by atoms with E-state index in [2.05, 4.69) is 15.4 Å². The highest BCUT2D eigenvalue weighted by molar-refractivity contribution is 5.93. The maximum Gasteiger partial charge on any atom is 0.271 e. The molecule has 1 amide bonds. The van der Waals surface area contributed by atoms with Crippen LogP contribution in [0.4, 0.5) is 0 Å². The molecule has 3 rings (SSSR count). The van der Waals surface area contributed by atoms with Gasteiger partial charge in [0.05, 0.1) is 18.8 Å². The van der Waals surface area contributed by atoms with Crippen molar-refractivity contribution in [1.29, 1.82) is 0 Å². The molecule has 0 unspecified atom stereocenters. The highest BCUT2D eigenvalue weighted by Gasteiger charge is 2.33. The number of aliphatic hydroxyl groups excluding tert-OH is 2. The number of nitrogens with one attached hydrogen (secondary N) is 1. The normalized spacial score (nSPS) is 25.9. The molecule has 21 heavy (non-hydrogen) atoms. The van der Waals surface area contributed by atoms with Crippen LogP contribution in [0.1, 0.15) is 16.9 Å². The van der Waals surface area contributed by atoms with Crippen LogP contribution in [0, 0.1) is 0 Å². The van der Waals surface area contributed by atoms with E-state index in [9.17, 15) is 9.90 Å². The number of nitrogens with zero attached hydrogens (tertiary/aromatic N) is 3. The zero-order valence-corrected chi connectivity index (χ0v) is 11.2. The van der Waals surface area contributed by atoms with E-state index in [0.717, 1.165) is 0 Å². The summed E-state index contributed by atoms with van der Waals surface area (Å²) in [6.07, 6.45) is 1.86. The van der Waals surface area contributed by atoms with Gasteiger partial charge in [0.25, 0.3) is 5.91 Å². The number of rotatable bonds is 3. The van der Waals surface area contributed by atoms with Crippen molar-refractivity contribution < 1.29 is 19.7 Å². The lowest BCUT2D eigenvalue weighted by Crippen LogP contribution is -2.54. The quantitative estimate of drug-likeness (QED) is 0.667. The molecule has 2 aromatic heterocycles. The highest BCUT2D eigenvalue weighted by atomic mass is 16.5. The minimum atomic E-state index is -0.945. The molecule has 3 N–H and O–H groups in total.